The fourth-order valence-corrected chi connectivity index (χ4v) is 5.13. The van der Waals surface area contributed by atoms with Gasteiger partial charge in [-0.25, -0.2) is 4.98 Å². The monoisotopic (exact) mass is 485 g/mol. The number of carbonyl (C=O) groups is 2. The molecule has 0 radical (unpaired) electrons. The fraction of sp³-hybridized carbons (Fsp3) is 0.250. The summed E-state index contributed by atoms with van der Waals surface area (Å²) in [5.41, 5.74) is 1.01. The molecule has 1 saturated carbocycles. The Kier molecular flexibility index (Phi) is 7.04. The Labute approximate surface area is 208 Å². The first-order valence-corrected chi connectivity index (χ1v) is 12.8. The highest BCUT2D eigenvalue weighted by Crippen LogP contribution is 2.22. The molecule has 0 aliphatic heterocycles. The number of hydrogen-bond donors (Lipinski definition) is 2. The van der Waals surface area contributed by atoms with Crippen LogP contribution >= 0.6 is 11.3 Å². The van der Waals surface area contributed by atoms with Gasteiger partial charge in [-0.3, -0.25) is 9.59 Å². The molecule has 2 amide bonds. The third kappa shape index (κ3) is 5.69. The summed E-state index contributed by atoms with van der Waals surface area (Å²) in [5, 5.41) is 10.9. The minimum atomic E-state index is -0.218. The van der Waals surface area contributed by atoms with Gasteiger partial charge in [-0.05, 0) is 47.9 Å². The lowest BCUT2D eigenvalue weighted by molar-refractivity contribution is 0.0860. The maximum atomic E-state index is 13.0. The molecular weight excluding hydrogens is 458 g/mol. The molecule has 178 valence electrons. The lowest BCUT2D eigenvalue weighted by Gasteiger charge is -2.32. The van der Waals surface area contributed by atoms with Crippen molar-refractivity contribution in [1.29, 1.82) is 0 Å². The SMILES string of the molecule is O=C(N[C@@H]1CCCC[C@@H]1NC(=O)c1csc(COc2ccccc2)n1)c1ccc2ccccc2c1. The quantitative estimate of drug-likeness (QED) is 0.370. The molecule has 1 aliphatic carbocycles. The van der Waals surface area contributed by atoms with Gasteiger partial charge in [0.15, 0.2) is 0 Å². The predicted octanol–water partition coefficient (Wildman–Crippen LogP) is 5.35. The van der Waals surface area contributed by atoms with Crippen LogP contribution in [-0.2, 0) is 6.61 Å². The summed E-state index contributed by atoms with van der Waals surface area (Å²) in [6.07, 6.45) is 3.69. The van der Waals surface area contributed by atoms with Crippen LogP contribution in [0, 0.1) is 0 Å². The van der Waals surface area contributed by atoms with E-state index in [2.05, 4.69) is 15.6 Å². The average Bonchev–Trinajstić information content (AvgIpc) is 3.38. The van der Waals surface area contributed by atoms with Crippen molar-refractivity contribution in [2.24, 2.45) is 0 Å². The molecular formula is C28H27N3O3S. The normalized spacial score (nSPS) is 17.6. The molecule has 4 aromatic rings. The maximum Gasteiger partial charge on any atom is 0.271 e. The standard InChI is InChI=1S/C28H27N3O3S/c32-27(21-15-14-19-8-4-5-9-20(19)16-21)30-23-12-6-7-13-24(23)31-28(33)25-18-35-26(29-25)17-34-22-10-2-1-3-11-22/h1-5,8-11,14-16,18,23-24H,6-7,12-13,17H2,(H,30,32)(H,31,33)/t23-,24+/m1/s1. The number of nitrogens with zero attached hydrogens (tertiary/aromatic N) is 1. The lowest BCUT2D eigenvalue weighted by atomic mass is 9.90. The highest BCUT2D eigenvalue weighted by atomic mass is 32.1. The number of benzene rings is 3. The van der Waals surface area contributed by atoms with Gasteiger partial charge >= 0.3 is 0 Å². The van der Waals surface area contributed by atoms with Crippen LogP contribution in [0.4, 0.5) is 0 Å². The van der Waals surface area contributed by atoms with Gasteiger partial charge in [-0.15, -0.1) is 11.3 Å². The van der Waals surface area contributed by atoms with E-state index >= 15 is 0 Å². The summed E-state index contributed by atoms with van der Waals surface area (Å²) in [7, 11) is 0. The highest BCUT2D eigenvalue weighted by molar-refractivity contribution is 7.09. The Balaban J connectivity index is 1.20. The molecule has 0 unspecified atom stereocenters. The molecule has 2 atom stereocenters. The van der Waals surface area contributed by atoms with Crippen molar-refractivity contribution >= 4 is 33.9 Å². The third-order valence-electron chi connectivity index (χ3n) is 6.30. The highest BCUT2D eigenvalue weighted by Gasteiger charge is 2.29. The Bertz CT molecular complexity index is 1320. The van der Waals surface area contributed by atoms with Gasteiger partial charge in [0.2, 0.25) is 0 Å². The summed E-state index contributed by atoms with van der Waals surface area (Å²) < 4.78 is 5.73. The van der Waals surface area contributed by atoms with Gasteiger partial charge in [0.1, 0.15) is 23.1 Å². The Morgan fingerprint density at radius 2 is 1.54 bits per heavy atom. The Morgan fingerprint density at radius 1 is 0.857 bits per heavy atom. The van der Waals surface area contributed by atoms with Crippen LogP contribution in [0.2, 0.25) is 0 Å². The molecule has 2 N–H and O–H groups in total. The number of amides is 2. The second-order valence-electron chi connectivity index (χ2n) is 8.73. The van der Waals surface area contributed by atoms with Gasteiger partial charge < -0.3 is 15.4 Å². The number of ether oxygens (including phenoxy) is 1. The molecule has 7 heteroatoms. The third-order valence-corrected chi connectivity index (χ3v) is 7.12. The summed E-state index contributed by atoms with van der Waals surface area (Å²) in [5.74, 6) is 0.431. The molecule has 5 rings (SSSR count). The molecule has 0 spiro atoms. The van der Waals surface area contributed by atoms with Crippen molar-refractivity contribution in [3.63, 3.8) is 0 Å². The molecule has 1 aliphatic rings. The number of hydrogen-bond acceptors (Lipinski definition) is 5. The van der Waals surface area contributed by atoms with E-state index in [1.165, 1.54) is 11.3 Å². The zero-order valence-electron chi connectivity index (χ0n) is 19.3. The van der Waals surface area contributed by atoms with Crippen molar-refractivity contribution in [2.75, 3.05) is 0 Å². The smallest absolute Gasteiger partial charge is 0.271 e. The minimum Gasteiger partial charge on any atom is -0.486 e. The number of carbonyl (C=O) groups excluding carboxylic acids is 2. The van der Waals surface area contributed by atoms with E-state index in [9.17, 15) is 9.59 Å². The van der Waals surface area contributed by atoms with Gasteiger partial charge in [0, 0.05) is 23.0 Å². The molecule has 0 saturated heterocycles. The van der Waals surface area contributed by atoms with Gasteiger partial charge in [-0.1, -0.05) is 61.4 Å². The Hall–Kier alpha value is -3.71. The van der Waals surface area contributed by atoms with Crippen LogP contribution in [0.25, 0.3) is 10.8 Å². The van der Waals surface area contributed by atoms with E-state index in [0.717, 1.165) is 47.2 Å². The summed E-state index contributed by atoms with van der Waals surface area (Å²) in [4.78, 5) is 30.4. The van der Waals surface area contributed by atoms with E-state index in [-0.39, 0.29) is 23.9 Å². The molecule has 3 aromatic carbocycles. The number of para-hydroxylation sites is 1. The van der Waals surface area contributed by atoms with Crippen molar-refractivity contribution in [3.8, 4) is 5.75 Å². The second kappa shape index (κ2) is 10.7. The number of aromatic nitrogens is 1. The second-order valence-corrected chi connectivity index (χ2v) is 9.68. The largest absolute Gasteiger partial charge is 0.486 e. The van der Waals surface area contributed by atoms with E-state index in [0.29, 0.717) is 17.9 Å². The van der Waals surface area contributed by atoms with Crippen LogP contribution in [-0.4, -0.2) is 28.9 Å². The van der Waals surface area contributed by atoms with Crippen molar-refractivity contribution < 1.29 is 14.3 Å². The van der Waals surface area contributed by atoms with Crippen LogP contribution < -0.4 is 15.4 Å². The molecule has 35 heavy (non-hydrogen) atoms. The van der Waals surface area contributed by atoms with E-state index in [4.69, 9.17) is 4.74 Å². The maximum absolute atomic E-state index is 13.0. The summed E-state index contributed by atoms with van der Waals surface area (Å²) >= 11 is 1.40. The van der Waals surface area contributed by atoms with Gasteiger partial charge in [0.25, 0.3) is 11.8 Å². The van der Waals surface area contributed by atoms with Crippen LogP contribution in [0.1, 0.15) is 51.5 Å². The average molecular weight is 486 g/mol. The van der Waals surface area contributed by atoms with Crippen molar-refractivity contribution in [2.45, 2.75) is 44.4 Å². The predicted molar refractivity (Wildman–Crippen MR) is 138 cm³/mol. The number of fused-ring (bicyclic) bond motifs is 1. The minimum absolute atomic E-state index is 0.115. The first-order valence-electron chi connectivity index (χ1n) is 11.9. The number of nitrogens with one attached hydrogen (secondary N) is 2. The molecule has 1 heterocycles. The van der Waals surface area contributed by atoms with E-state index in [1.54, 1.807) is 5.38 Å². The van der Waals surface area contributed by atoms with Gasteiger partial charge in [0.05, 0.1) is 0 Å². The lowest BCUT2D eigenvalue weighted by Crippen LogP contribution is -2.53. The fourth-order valence-electron chi connectivity index (χ4n) is 4.44. The molecule has 6 nitrogen and oxygen atoms in total. The van der Waals surface area contributed by atoms with Crippen molar-refractivity contribution in [1.82, 2.24) is 15.6 Å². The van der Waals surface area contributed by atoms with E-state index in [1.807, 2.05) is 72.8 Å². The molecule has 0 bridgehead atoms. The zero-order valence-corrected chi connectivity index (χ0v) is 20.1. The summed E-state index contributed by atoms with van der Waals surface area (Å²) in [6, 6.07) is 23.0. The number of rotatable bonds is 7. The first kappa shape index (κ1) is 23.1. The van der Waals surface area contributed by atoms with Crippen LogP contribution in [0.3, 0.4) is 0 Å². The summed E-state index contributed by atoms with van der Waals surface area (Å²) in [6.45, 7) is 0.315. The Morgan fingerprint density at radius 3 is 2.31 bits per heavy atom. The molecule has 1 fully saturated rings. The van der Waals surface area contributed by atoms with E-state index < -0.39 is 0 Å². The first-order chi connectivity index (χ1) is 17.2. The van der Waals surface area contributed by atoms with Crippen LogP contribution in [0.15, 0.2) is 78.2 Å². The van der Waals surface area contributed by atoms with Crippen LogP contribution in [0.5, 0.6) is 5.75 Å². The zero-order chi connectivity index (χ0) is 24.0. The topological polar surface area (TPSA) is 80.3 Å². The van der Waals surface area contributed by atoms with Gasteiger partial charge in [-0.2, -0.15) is 0 Å². The van der Waals surface area contributed by atoms with Crippen molar-refractivity contribution in [3.05, 3.63) is 94.4 Å². The molecule has 1 aromatic heterocycles. The number of thiazole rings is 1.